The van der Waals surface area contributed by atoms with Gasteiger partial charge in [-0.2, -0.15) is 0 Å². The van der Waals surface area contributed by atoms with Crippen LogP contribution in [0.4, 0.5) is 0 Å². The summed E-state index contributed by atoms with van der Waals surface area (Å²) in [5, 5.41) is 9.16. The van der Waals surface area contributed by atoms with E-state index >= 15 is 0 Å². The number of aromatic nitrogens is 9. The maximum atomic E-state index is 5.44. The predicted octanol–water partition coefficient (Wildman–Crippen LogP) is 20.3. The molecule has 0 saturated carbocycles. The molecule has 91 heavy (non-hydrogen) atoms. The number of para-hydroxylation sites is 9. The van der Waals surface area contributed by atoms with E-state index in [4.69, 9.17) is 19.9 Å². The summed E-state index contributed by atoms with van der Waals surface area (Å²) < 4.78 is 12.3. The molecule has 0 atom stereocenters. The van der Waals surface area contributed by atoms with E-state index in [-0.39, 0.29) is 0 Å². The summed E-state index contributed by atoms with van der Waals surface area (Å²) in [5.74, 6) is 2.62. The summed E-state index contributed by atoms with van der Waals surface area (Å²) in [6, 6.07) is 111. The minimum absolute atomic E-state index is 0.561. The average Bonchev–Trinajstić information content (AvgIpc) is 1.51. The summed E-state index contributed by atoms with van der Waals surface area (Å²) >= 11 is 0. The lowest BCUT2D eigenvalue weighted by Crippen LogP contribution is -2.04. The molecule has 0 radical (unpaired) electrons. The molecule has 0 aliphatic rings. The Hall–Kier alpha value is -12.5. The number of hydrogen-bond donors (Lipinski definition) is 0. The monoisotopic (exact) mass is 1160 g/mol. The molecule has 0 bridgehead atoms. The lowest BCUT2D eigenvalue weighted by Gasteiger charge is -2.17. The van der Waals surface area contributed by atoms with Gasteiger partial charge in [0, 0.05) is 93.8 Å². The predicted molar refractivity (Wildman–Crippen MR) is 374 cm³/mol. The SMILES string of the molecule is c1ccc(-c2nc(-c3ccccc3)nc(-c3cc(-n4c5ccccc5c5ccccc54)cc(-n4c5ccccc5c5c4c4c6ccccc6n(-c6ccccc6)c4c4c6ccc(-c7nc8ccccc8n7-c7ccccc7)cc6n(-c6ccccc6)c45)c3)n2)cc1. The van der Waals surface area contributed by atoms with Gasteiger partial charge in [0.25, 0.3) is 0 Å². The van der Waals surface area contributed by atoms with Crippen molar-refractivity contribution in [1.29, 1.82) is 0 Å². The molecule has 0 saturated heterocycles. The highest BCUT2D eigenvalue weighted by Crippen LogP contribution is 2.51. The molecule has 0 spiro atoms. The first-order valence-electron chi connectivity index (χ1n) is 30.8. The zero-order chi connectivity index (χ0) is 59.7. The Kier molecular flexibility index (Phi) is 11.2. The van der Waals surface area contributed by atoms with E-state index in [0.29, 0.717) is 17.5 Å². The quantitative estimate of drug-likeness (QED) is 0.144. The normalized spacial score (nSPS) is 12.0. The molecule has 9 nitrogen and oxygen atoms in total. The van der Waals surface area contributed by atoms with E-state index in [1.807, 2.05) is 36.4 Å². The molecule has 0 fully saturated rings. The highest BCUT2D eigenvalue weighted by atomic mass is 15.1. The Balaban J connectivity index is 1.00. The molecular weight excluding hydrogens is 1110 g/mol. The summed E-state index contributed by atoms with van der Waals surface area (Å²) in [6.07, 6.45) is 0. The summed E-state index contributed by atoms with van der Waals surface area (Å²) in [7, 11) is 0. The topological polar surface area (TPSA) is 76.2 Å². The Labute approximate surface area is 521 Å². The molecule has 13 aromatic carbocycles. The van der Waals surface area contributed by atoms with Crippen LogP contribution in [0.25, 0.3) is 172 Å². The molecule has 0 unspecified atom stereocenters. The van der Waals surface area contributed by atoms with Gasteiger partial charge in [0.1, 0.15) is 5.82 Å². The maximum absolute atomic E-state index is 5.44. The lowest BCUT2D eigenvalue weighted by molar-refractivity contribution is 1.07. The number of fused-ring (bicyclic) bond motifs is 16. The van der Waals surface area contributed by atoms with Gasteiger partial charge < -0.3 is 18.3 Å². The third kappa shape index (κ3) is 7.71. The van der Waals surface area contributed by atoms with Crippen LogP contribution >= 0.6 is 0 Å². The van der Waals surface area contributed by atoms with E-state index in [0.717, 1.165) is 144 Å². The van der Waals surface area contributed by atoms with Crippen molar-refractivity contribution in [2.45, 2.75) is 0 Å². The summed E-state index contributed by atoms with van der Waals surface area (Å²) in [5.41, 5.74) is 19.4. The fourth-order valence-corrected chi connectivity index (χ4v) is 14.5. The van der Waals surface area contributed by atoms with Gasteiger partial charge in [0.15, 0.2) is 17.5 Å². The van der Waals surface area contributed by atoms with Crippen molar-refractivity contribution in [3.63, 3.8) is 0 Å². The van der Waals surface area contributed by atoms with Crippen LogP contribution in [0.15, 0.2) is 309 Å². The molecule has 9 heteroatoms. The standard InChI is InChI=1S/C82H51N9/c1-6-26-52(27-7-1)79-84-80(53-28-8-2-9-29-53)86-81(85-79)55-48-59(87-67-41-21-16-36-61(67)62-37-17-22-42-68(62)87)51-60(49-55)90-70-44-24-19-39-64(70)74-77-75(76-73(78(74)90)63-38-18-23-43-69(63)88(76)56-30-10-3-11-31-56)65-47-46-54(50-72(65)89(77)57-32-12-4-13-33-57)82-83-66-40-20-25-45-71(66)91(82)58-34-14-5-15-35-58/h1-51H. The van der Waals surface area contributed by atoms with Crippen LogP contribution in [0, 0.1) is 0 Å². The molecular formula is C82H51N9. The van der Waals surface area contributed by atoms with E-state index in [9.17, 15) is 0 Å². The van der Waals surface area contributed by atoms with Gasteiger partial charge in [0.2, 0.25) is 0 Å². The number of hydrogen-bond acceptors (Lipinski definition) is 4. The highest BCUT2D eigenvalue weighted by molar-refractivity contribution is 6.40. The van der Waals surface area contributed by atoms with E-state index in [2.05, 4.69) is 296 Å². The molecule has 424 valence electrons. The smallest absolute Gasteiger partial charge is 0.164 e. The first-order valence-corrected chi connectivity index (χ1v) is 30.8. The van der Waals surface area contributed by atoms with Crippen molar-refractivity contribution in [2.24, 2.45) is 0 Å². The Morgan fingerprint density at radius 1 is 0.198 bits per heavy atom. The fraction of sp³-hybridized carbons (Fsp3) is 0. The molecule has 6 heterocycles. The van der Waals surface area contributed by atoms with Gasteiger partial charge in [-0.05, 0) is 97.1 Å². The van der Waals surface area contributed by atoms with Gasteiger partial charge in [-0.3, -0.25) is 4.57 Å². The van der Waals surface area contributed by atoms with Crippen molar-refractivity contribution in [3.05, 3.63) is 309 Å². The largest absolute Gasteiger partial charge is 0.309 e. The van der Waals surface area contributed by atoms with Crippen molar-refractivity contribution in [3.8, 4) is 74.0 Å². The van der Waals surface area contributed by atoms with Gasteiger partial charge in [-0.15, -0.1) is 0 Å². The molecule has 19 aromatic rings. The fourth-order valence-electron chi connectivity index (χ4n) is 14.5. The van der Waals surface area contributed by atoms with E-state index in [1.165, 1.54) is 10.8 Å². The van der Waals surface area contributed by atoms with Crippen LogP contribution in [0.5, 0.6) is 0 Å². The first kappa shape index (κ1) is 50.7. The highest BCUT2D eigenvalue weighted by Gasteiger charge is 2.30. The van der Waals surface area contributed by atoms with E-state index < -0.39 is 0 Å². The molecule has 0 aliphatic carbocycles. The second-order valence-corrected chi connectivity index (χ2v) is 23.4. The Bertz CT molecular complexity index is 6010. The number of rotatable bonds is 9. The van der Waals surface area contributed by atoms with Crippen molar-refractivity contribution in [2.75, 3.05) is 0 Å². The summed E-state index contributed by atoms with van der Waals surface area (Å²) in [4.78, 5) is 21.5. The summed E-state index contributed by atoms with van der Waals surface area (Å²) in [6.45, 7) is 0. The molecule has 0 amide bonds. The number of nitrogens with zero attached hydrogens (tertiary/aromatic N) is 9. The zero-order valence-electron chi connectivity index (χ0n) is 49.0. The average molecular weight is 1160 g/mol. The van der Waals surface area contributed by atoms with Crippen LogP contribution in [-0.2, 0) is 0 Å². The van der Waals surface area contributed by atoms with Gasteiger partial charge >= 0.3 is 0 Å². The third-order valence-corrected chi connectivity index (χ3v) is 18.2. The lowest BCUT2D eigenvalue weighted by atomic mass is 10.0. The maximum Gasteiger partial charge on any atom is 0.164 e. The molecule has 19 rings (SSSR count). The van der Waals surface area contributed by atoms with Crippen LogP contribution in [-0.4, -0.2) is 42.8 Å². The molecule has 6 aromatic heterocycles. The van der Waals surface area contributed by atoms with Crippen molar-refractivity contribution < 1.29 is 0 Å². The van der Waals surface area contributed by atoms with Crippen molar-refractivity contribution in [1.82, 2.24) is 42.8 Å². The van der Waals surface area contributed by atoms with Crippen molar-refractivity contribution >= 4 is 98.3 Å². The Morgan fingerprint density at radius 2 is 0.549 bits per heavy atom. The molecule has 0 N–H and O–H groups in total. The number of benzene rings is 13. The second-order valence-electron chi connectivity index (χ2n) is 23.4. The minimum Gasteiger partial charge on any atom is -0.309 e. The first-order chi connectivity index (χ1) is 45.2. The van der Waals surface area contributed by atoms with Gasteiger partial charge in [-0.25, -0.2) is 19.9 Å². The zero-order valence-corrected chi connectivity index (χ0v) is 49.0. The van der Waals surface area contributed by atoms with E-state index in [1.54, 1.807) is 0 Å². The van der Waals surface area contributed by atoms with Crippen LogP contribution in [0.1, 0.15) is 0 Å². The minimum atomic E-state index is 0.561. The van der Waals surface area contributed by atoms with Crippen LogP contribution < -0.4 is 0 Å². The van der Waals surface area contributed by atoms with Gasteiger partial charge in [0.05, 0.1) is 55.2 Å². The van der Waals surface area contributed by atoms with Crippen LogP contribution in [0.3, 0.4) is 0 Å². The second kappa shape index (κ2) is 20.0. The number of imidazole rings is 1. The Morgan fingerprint density at radius 3 is 1.04 bits per heavy atom. The van der Waals surface area contributed by atoms with Gasteiger partial charge in [-0.1, -0.05) is 212 Å². The third-order valence-electron chi connectivity index (χ3n) is 18.2. The van der Waals surface area contributed by atoms with Crippen LogP contribution in [0.2, 0.25) is 0 Å². The molecule has 0 aliphatic heterocycles.